The molecule has 1 aliphatic carbocycles. The summed E-state index contributed by atoms with van der Waals surface area (Å²) >= 11 is 0. The Balaban J connectivity index is 2.16. The van der Waals surface area contributed by atoms with Crippen LogP contribution in [0.5, 0.6) is 0 Å². The first kappa shape index (κ1) is 11.4. The Morgan fingerprint density at radius 1 is 1.56 bits per heavy atom. The lowest BCUT2D eigenvalue weighted by molar-refractivity contribution is -0.182. The molecule has 1 saturated carbocycles. The van der Waals surface area contributed by atoms with Crippen LogP contribution in [0, 0.1) is 0 Å². The van der Waals surface area contributed by atoms with Crippen molar-refractivity contribution in [3.05, 3.63) is 27.9 Å². The number of carboxylic acid groups (broad SMARTS) is 1. The first-order chi connectivity index (χ1) is 8.52. The number of hydrogen-bond acceptors (Lipinski definition) is 5. The molecule has 0 amide bonds. The highest BCUT2D eigenvalue weighted by atomic mass is 16.5. The fraction of sp³-hybridized carbons (Fsp3) is 0.545. The van der Waals surface area contributed by atoms with E-state index in [0.29, 0.717) is 31.8 Å². The van der Waals surface area contributed by atoms with E-state index in [9.17, 15) is 14.7 Å². The fourth-order valence-electron chi connectivity index (χ4n) is 2.58. The number of aliphatic hydroxyl groups is 1. The number of carboxylic acids is 1. The summed E-state index contributed by atoms with van der Waals surface area (Å²) in [5.41, 5.74) is -1.46. The maximum atomic E-state index is 11.8. The quantitative estimate of drug-likeness (QED) is 0.686. The number of ether oxygens (including phenoxy) is 1. The van der Waals surface area contributed by atoms with Crippen molar-refractivity contribution in [1.82, 2.24) is 9.55 Å². The number of nitrogens with zero attached hydrogens (tertiary/aromatic N) is 2. The lowest BCUT2D eigenvalue weighted by Crippen LogP contribution is -2.54. The molecular weight excluding hydrogens is 240 g/mol. The summed E-state index contributed by atoms with van der Waals surface area (Å²) in [6, 6.07) is 1.01. The second-order valence-corrected chi connectivity index (χ2v) is 4.66. The second-order valence-electron chi connectivity index (χ2n) is 4.66. The van der Waals surface area contributed by atoms with Gasteiger partial charge in [0.1, 0.15) is 11.4 Å². The minimum absolute atomic E-state index is 0.280. The van der Waals surface area contributed by atoms with Gasteiger partial charge in [-0.25, -0.2) is 9.78 Å². The van der Waals surface area contributed by atoms with Gasteiger partial charge < -0.3 is 14.9 Å². The Hall–Kier alpha value is -1.73. The van der Waals surface area contributed by atoms with Crippen LogP contribution >= 0.6 is 0 Å². The van der Waals surface area contributed by atoms with Gasteiger partial charge in [0.25, 0.3) is 5.56 Å². The van der Waals surface area contributed by atoms with Gasteiger partial charge in [-0.3, -0.25) is 9.36 Å². The van der Waals surface area contributed by atoms with Crippen LogP contribution in [0.2, 0.25) is 0 Å². The smallest absolute Gasteiger partial charge is 0.354 e. The topological polar surface area (TPSA) is 102 Å². The van der Waals surface area contributed by atoms with Crippen molar-refractivity contribution in [1.29, 1.82) is 0 Å². The predicted molar refractivity (Wildman–Crippen MR) is 58.3 cm³/mol. The summed E-state index contributed by atoms with van der Waals surface area (Å²) in [5.74, 6) is -0.917. The third-order valence-corrected chi connectivity index (χ3v) is 3.46. The summed E-state index contributed by atoms with van der Waals surface area (Å²) in [6.07, 6.45) is 0.215. The van der Waals surface area contributed by atoms with Gasteiger partial charge in [0.15, 0.2) is 5.69 Å². The minimum atomic E-state index is -1.24. The summed E-state index contributed by atoms with van der Waals surface area (Å²) in [7, 11) is 0. The van der Waals surface area contributed by atoms with Crippen LogP contribution < -0.4 is 5.56 Å². The number of rotatable bonds is 1. The van der Waals surface area contributed by atoms with E-state index in [1.54, 1.807) is 0 Å². The van der Waals surface area contributed by atoms with Gasteiger partial charge in [0.05, 0.1) is 19.3 Å². The largest absolute Gasteiger partial charge is 0.477 e. The molecule has 0 bridgehead atoms. The molecule has 1 aliphatic heterocycles. The normalized spacial score (nSPS) is 29.7. The van der Waals surface area contributed by atoms with Gasteiger partial charge in [0, 0.05) is 18.9 Å². The zero-order valence-electron chi connectivity index (χ0n) is 9.50. The van der Waals surface area contributed by atoms with Crippen molar-refractivity contribution in [2.75, 3.05) is 6.61 Å². The van der Waals surface area contributed by atoms with Crippen LogP contribution in [0.15, 0.2) is 10.9 Å². The predicted octanol–water partition coefficient (Wildman–Crippen LogP) is -0.678. The van der Waals surface area contributed by atoms with E-state index in [1.165, 1.54) is 4.57 Å². The van der Waals surface area contributed by atoms with Gasteiger partial charge in [0.2, 0.25) is 0 Å². The maximum Gasteiger partial charge on any atom is 0.354 e. The summed E-state index contributed by atoms with van der Waals surface area (Å²) in [5, 5.41) is 18.4. The molecule has 1 spiro atoms. The van der Waals surface area contributed by atoms with E-state index >= 15 is 0 Å². The van der Waals surface area contributed by atoms with Crippen molar-refractivity contribution in [2.24, 2.45) is 0 Å². The molecule has 0 unspecified atom stereocenters. The lowest BCUT2D eigenvalue weighted by Gasteiger charge is -2.47. The first-order valence-corrected chi connectivity index (χ1v) is 5.69. The number of aliphatic hydroxyl groups excluding tert-OH is 1. The van der Waals surface area contributed by atoms with Crippen molar-refractivity contribution in [3.8, 4) is 0 Å². The Bertz CT molecular complexity index is 573. The molecule has 0 aromatic carbocycles. The van der Waals surface area contributed by atoms with Gasteiger partial charge in [-0.15, -0.1) is 0 Å². The molecule has 0 saturated heterocycles. The number of carbonyl (C=O) groups is 1. The zero-order chi connectivity index (χ0) is 12.9. The monoisotopic (exact) mass is 252 g/mol. The van der Waals surface area contributed by atoms with Crippen LogP contribution in [0.25, 0.3) is 0 Å². The number of aromatic carboxylic acids is 1. The van der Waals surface area contributed by atoms with Crippen molar-refractivity contribution in [3.63, 3.8) is 0 Å². The highest BCUT2D eigenvalue weighted by Crippen LogP contribution is 2.45. The van der Waals surface area contributed by atoms with Crippen LogP contribution in [-0.2, 0) is 16.9 Å². The SMILES string of the molecule is O=C(O)c1cc(=O)n2c(n1)C1(CC(O)C1)OCC2. The molecule has 0 atom stereocenters. The minimum Gasteiger partial charge on any atom is -0.477 e. The fourth-order valence-corrected chi connectivity index (χ4v) is 2.58. The third kappa shape index (κ3) is 1.48. The molecular formula is C11H12N2O5. The van der Waals surface area contributed by atoms with Crippen LogP contribution in [0.3, 0.4) is 0 Å². The number of aromatic nitrogens is 2. The Morgan fingerprint density at radius 3 is 2.89 bits per heavy atom. The molecule has 1 aromatic heterocycles. The van der Waals surface area contributed by atoms with Gasteiger partial charge >= 0.3 is 5.97 Å². The van der Waals surface area contributed by atoms with Gasteiger partial charge in [-0.2, -0.15) is 0 Å². The van der Waals surface area contributed by atoms with Crippen LogP contribution in [0.1, 0.15) is 29.2 Å². The molecule has 1 fully saturated rings. The molecule has 18 heavy (non-hydrogen) atoms. The van der Waals surface area contributed by atoms with Crippen molar-refractivity contribution in [2.45, 2.75) is 31.1 Å². The Labute approximate surface area is 102 Å². The van der Waals surface area contributed by atoms with E-state index in [4.69, 9.17) is 9.84 Å². The molecule has 96 valence electrons. The van der Waals surface area contributed by atoms with Crippen molar-refractivity contribution >= 4 is 5.97 Å². The van der Waals surface area contributed by atoms with Gasteiger partial charge in [-0.1, -0.05) is 0 Å². The molecule has 3 rings (SSSR count). The van der Waals surface area contributed by atoms with E-state index < -0.39 is 17.7 Å². The Kier molecular flexibility index (Phi) is 2.29. The molecule has 7 nitrogen and oxygen atoms in total. The van der Waals surface area contributed by atoms with E-state index in [1.807, 2.05) is 0 Å². The highest BCUT2D eigenvalue weighted by molar-refractivity contribution is 5.85. The van der Waals surface area contributed by atoms with Crippen LogP contribution in [0.4, 0.5) is 0 Å². The van der Waals surface area contributed by atoms with E-state index in [2.05, 4.69) is 4.98 Å². The molecule has 1 aromatic rings. The standard InChI is InChI=1S/C11H12N2O5/c14-6-4-11(5-6)10-12-7(9(16)17)3-8(15)13(10)1-2-18-11/h3,6,14H,1-2,4-5H2,(H,16,17). The lowest BCUT2D eigenvalue weighted by atomic mass is 9.76. The van der Waals surface area contributed by atoms with Gasteiger partial charge in [-0.05, 0) is 0 Å². The number of hydrogen-bond donors (Lipinski definition) is 2. The maximum absolute atomic E-state index is 11.8. The van der Waals surface area contributed by atoms with Crippen molar-refractivity contribution < 1.29 is 19.7 Å². The second kappa shape index (κ2) is 3.63. The molecule has 0 radical (unpaired) electrons. The average Bonchev–Trinajstić information content (AvgIpc) is 2.28. The molecule has 7 heteroatoms. The average molecular weight is 252 g/mol. The third-order valence-electron chi connectivity index (χ3n) is 3.46. The van der Waals surface area contributed by atoms with E-state index in [0.717, 1.165) is 6.07 Å². The van der Waals surface area contributed by atoms with E-state index in [-0.39, 0.29) is 11.3 Å². The zero-order valence-corrected chi connectivity index (χ0v) is 9.50. The molecule has 2 N–H and O–H groups in total. The summed E-state index contributed by atoms with van der Waals surface area (Å²) in [4.78, 5) is 26.8. The number of fused-ring (bicyclic) bond motifs is 2. The molecule has 2 aliphatic rings. The summed E-state index contributed by atoms with van der Waals surface area (Å²) < 4.78 is 7.05. The summed E-state index contributed by atoms with van der Waals surface area (Å²) in [6.45, 7) is 0.729. The highest BCUT2D eigenvalue weighted by Gasteiger charge is 2.51. The van der Waals surface area contributed by atoms with Crippen LogP contribution in [-0.4, -0.2) is 38.4 Å². The first-order valence-electron chi connectivity index (χ1n) is 5.69. The Morgan fingerprint density at radius 2 is 2.28 bits per heavy atom. The molecule has 2 heterocycles.